The second kappa shape index (κ2) is 7.43. The Morgan fingerprint density at radius 3 is 2.62 bits per heavy atom. The van der Waals surface area contributed by atoms with Crippen molar-refractivity contribution in [3.8, 4) is 5.75 Å². The zero-order chi connectivity index (χ0) is 16.0. The maximum Gasteiger partial charge on any atom is 0.312 e. The van der Waals surface area contributed by atoms with E-state index >= 15 is 0 Å². The Labute approximate surface area is 126 Å². The van der Waals surface area contributed by atoms with E-state index in [1.165, 1.54) is 7.11 Å². The summed E-state index contributed by atoms with van der Waals surface area (Å²) in [5.41, 5.74) is -0.185. The normalized spacial score (nSPS) is 14.4. The summed E-state index contributed by atoms with van der Waals surface area (Å²) in [7, 11) is 1.37. The van der Waals surface area contributed by atoms with Gasteiger partial charge in [-0.25, -0.2) is 0 Å². The summed E-state index contributed by atoms with van der Waals surface area (Å²) >= 11 is 0. The largest absolute Gasteiger partial charge is 0.475 e. The van der Waals surface area contributed by atoms with Crippen LogP contribution in [0.25, 0.3) is 0 Å². The van der Waals surface area contributed by atoms with Crippen molar-refractivity contribution in [2.45, 2.75) is 52.0 Å². The van der Waals surface area contributed by atoms with Crippen LogP contribution in [0.3, 0.4) is 0 Å². The Kier molecular flexibility index (Phi) is 6.18. The first-order chi connectivity index (χ1) is 9.76. The fraction of sp³-hybridized carbons (Fsp3) is 0.562. The third-order valence-corrected chi connectivity index (χ3v) is 3.08. The molecule has 0 spiro atoms. The lowest BCUT2D eigenvalue weighted by Gasteiger charge is -2.27. The molecular weight excluding hydrogens is 270 g/mol. The summed E-state index contributed by atoms with van der Waals surface area (Å²) in [6.45, 7) is 7.07. The molecule has 21 heavy (non-hydrogen) atoms. The molecule has 0 aliphatic heterocycles. The summed E-state index contributed by atoms with van der Waals surface area (Å²) in [6.07, 6.45) is 0.384. The SMILES string of the molecule is CC[C@H](NC(C)(C)O)Oc1cccc([C@@H](C)C(=O)OC)c1. The highest BCUT2D eigenvalue weighted by atomic mass is 16.5. The molecule has 2 atom stereocenters. The zero-order valence-corrected chi connectivity index (χ0v) is 13.3. The maximum atomic E-state index is 11.6. The predicted molar refractivity (Wildman–Crippen MR) is 81.0 cm³/mol. The molecule has 5 heteroatoms. The molecule has 0 saturated heterocycles. The molecule has 0 aliphatic rings. The smallest absolute Gasteiger partial charge is 0.312 e. The van der Waals surface area contributed by atoms with Crippen molar-refractivity contribution in [3.05, 3.63) is 29.8 Å². The number of ether oxygens (including phenoxy) is 2. The van der Waals surface area contributed by atoms with Gasteiger partial charge in [-0.1, -0.05) is 19.1 Å². The minimum atomic E-state index is -1.02. The third kappa shape index (κ3) is 5.73. The van der Waals surface area contributed by atoms with Crippen LogP contribution in [0.2, 0.25) is 0 Å². The van der Waals surface area contributed by atoms with Gasteiger partial charge in [0.2, 0.25) is 0 Å². The van der Waals surface area contributed by atoms with Crippen LogP contribution >= 0.6 is 0 Å². The number of esters is 1. The average molecular weight is 295 g/mol. The monoisotopic (exact) mass is 295 g/mol. The van der Waals surface area contributed by atoms with Gasteiger partial charge in [0.25, 0.3) is 0 Å². The molecule has 0 saturated carbocycles. The molecule has 0 amide bonds. The van der Waals surface area contributed by atoms with Crippen LogP contribution in [0, 0.1) is 0 Å². The summed E-state index contributed by atoms with van der Waals surface area (Å²) in [5, 5.41) is 12.8. The van der Waals surface area contributed by atoms with Gasteiger partial charge in [0.1, 0.15) is 11.5 Å². The average Bonchev–Trinajstić information content (AvgIpc) is 2.43. The second-order valence-corrected chi connectivity index (χ2v) is 5.54. The molecule has 0 unspecified atom stereocenters. The lowest BCUT2D eigenvalue weighted by atomic mass is 10.0. The van der Waals surface area contributed by atoms with Crippen LogP contribution in [0.1, 0.15) is 45.6 Å². The Balaban J connectivity index is 2.82. The molecule has 118 valence electrons. The number of aliphatic hydroxyl groups is 1. The first kappa shape index (κ1) is 17.5. The maximum absolute atomic E-state index is 11.6. The number of methoxy groups -OCH3 is 1. The number of benzene rings is 1. The molecule has 0 radical (unpaired) electrons. The van der Waals surface area contributed by atoms with Gasteiger partial charge in [0.05, 0.1) is 13.0 Å². The van der Waals surface area contributed by atoms with E-state index in [2.05, 4.69) is 5.32 Å². The van der Waals surface area contributed by atoms with Crippen molar-refractivity contribution in [1.82, 2.24) is 5.32 Å². The van der Waals surface area contributed by atoms with E-state index in [0.717, 1.165) is 5.56 Å². The minimum absolute atomic E-state index is 0.284. The molecule has 0 heterocycles. The van der Waals surface area contributed by atoms with Crippen LogP contribution in [-0.2, 0) is 9.53 Å². The molecule has 1 aromatic carbocycles. The van der Waals surface area contributed by atoms with Crippen LogP contribution in [0.15, 0.2) is 24.3 Å². The van der Waals surface area contributed by atoms with E-state index in [9.17, 15) is 9.90 Å². The molecule has 5 nitrogen and oxygen atoms in total. The van der Waals surface area contributed by atoms with E-state index in [0.29, 0.717) is 12.2 Å². The van der Waals surface area contributed by atoms with E-state index in [-0.39, 0.29) is 18.1 Å². The van der Waals surface area contributed by atoms with Gasteiger partial charge in [-0.05, 0) is 44.9 Å². The number of hydrogen-bond acceptors (Lipinski definition) is 5. The van der Waals surface area contributed by atoms with E-state index < -0.39 is 5.72 Å². The van der Waals surface area contributed by atoms with Crippen molar-refractivity contribution in [2.75, 3.05) is 7.11 Å². The Hall–Kier alpha value is -1.59. The molecule has 2 N–H and O–H groups in total. The standard InChI is InChI=1S/C16H25NO4/c1-6-14(17-16(3,4)19)21-13-9-7-8-12(10-13)11(2)15(18)20-5/h7-11,14,17,19H,6H2,1-5H3/t11-,14-/m1/s1. The fourth-order valence-electron chi connectivity index (χ4n) is 1.94. The highest BCUT2D eigenvalue weighted by Crippen LogP contribution is 2.22. The molecule has 1 aromatic rings. The summed E-state index contributed by atoms with van der Waals surface area (Å²) in [5.74, 6) is 0.0153. The lowest BCUT2D eigenvalue weighted by molar-refractivity contribution is -0.141. The molecule has 0 aliphatic carbocycles. The summed E-state index contributed by atoms with van der Waals surface area (Å²) in [6, 6.07) is 7.33. The van der Waals surface area contributed by atoms with E-state index in [1.54, 1.807) is 20.8 Å². The quantitative estimate of drug-likeness (QED) is 0.597. The Morgan fingerprint density at radius 1 is 1.43 bits per heavy atom. The third-order valence-electron chi connectivity index (χ3n) is 3.08. The van der Waals surface area contributed by atoms with Crippen molar-refractivity contribution >= 4 is 5.97 Å². The summed E-state index contributed by atoms with van der Waals surface area (Å²) < 4.78 is 10.6. The van der Waals surface area contributed by atoms with E-state index in [4.69, 9.17) is 9.47 Å². The predicted octanol–water partition coefficient (Wildman–Crippen LogP) is 2.40. The Morgan fingerprint density at radius 2 is 2.10 bits per heavy atom. The van der Waals surface area contributed by atoms with Gasteiger partial charge in [0.15, 0.2) is 6.23 Å². The summed E-state index contributed by atoms with van der Waals surface area (Å²) in [4.78, 5) is 11.6. The highest BCUT2D eigenvalue weighted by Gasteiger charge is 2.20. The van der Waals surface area contributed by atoms with Gasteiger partial charge in [0, 0.05) is 0 Å². The van der Waals surface area contributed by atoms with E-state index in [1.807, 2.05) is 31.2 Å². The second-order valence-electron chi connectivity index (χ2n) is 5.54. The number of hydrogen-bond donors (Lipinski definition) is 2. The van der Waals surface area contributed by atoms with Crippen LogP contribution in [-0.4, -0.2) is 30.1 Å². The first-order valence-corrected chi connectivity index (χ1v) is 7.11. The molecule has 1 rings (SSSR count). The van der Waals surface area contributed by atoms with Crippen LogP contribution in [0.5, 0.6) is 5.75 Å². The lowest BCUT2D eigenvalue weighted by Crippen LogP contribution is -2.48. The van der Waals surface area contributed by atoms with Gasteiger partial charge in [-0.2, -0.15) is 0 Å². The number of rotatable bonds is 7. The van der Waals surface area contributed by atoms with Gasteiger partial charge >= 0.3 is 5.97 Å². The molecule has 0 bridgehead atoms. The van der Waals surface area contributed by atoms with Crippen molar-refractivity contribution < 1.29 is 19.4 Å². The van der Waals surface area contributed by atoms with Gasteiger partial charge in [-0.3, -0.25) is 10.1 Å². The number of carbonyl (C=O) groups excluding carboxylic acids is 1. The van der Waals surface area contributed by atoms with Crippen molar-refractivity contribution in [1.29, 1.82) is 0 Å². The van der Waals surface area contributed by atoms with Gasteiger partial charge in [-0.15, -0.1) is 0 Å². The highest BCUT2D eigenvalue weighted by molar-refractivity contribution is 5.77. The van der Waals surface area contributed by atoms with Gasteiger partial charge < -0.3 is 14.6 Å². The Bertz CT molecular complexity index is 468. The molecule has 0 aromatic heterocycles. The molecule has 0 fully saturated rings. The topological polar surface area (TPSA) is 67.8 Å². The van der Waals surface area contributed by atoms with Crippen LogP contribution < -0.4 is 10.1 Å². The van der Waals surface area contributed by atoms with Crippen molar-refractivity contribution in [3.63, 3.8) is 0 Å². The number of carbonyl (C=O) groups is 1. The van der Waals surface area contributed by atoms with Crippen LogP contribution in [0.4, 0.5) is 0 Å². The zero-order valence-electron chi connectivity index (χ0n) is 13.3. The minimum Gasteiger partial charge on any atom is -0.475 e. The fourth-order valence-corrected chi connectivity index (χ4v) is 1.94. The first-order valence-electron chi connectivity index (χ1n) is 7.11. The number of nitrogens with one attached hydrogen (secondary N) is 1. The molecular formula is C16H25NO4. The van der Waals surface area contributed by atoms with Crippen molar-refractivity contribution in [2.24, 2.45) is 0 Å².